The van der Waals surface area contributed by atoms with Gasteiger partial charge >= 0.3 is 0 Å². The number of para-hydroxylation sites is 1. The van der Waals surface area contributed by atoms with Gasteiger partial charge in [-0.25, -0.2) is 0 Å². The van der Waals surface area contributed by atoms with Gasteiger partial charge in [-0.05, 0) is 36.2 Å². The summed E-state index contributed by atoms with van der Waals surface area (Å²) in [5.74, 6) is 0.0461. The fourth-order valence-corrected chi connectivity index (χ4v) is 2.24. The van der Waals surface area contributed by atoms with E-state index in [0.29, 0.717) is 23.5 Å². The first kappa shape index (κ1) is 18.3. The quantitative estimate of drug-likeness (QED) is 0.727. The fourth-order valence-electron chi connectivity index (χ4n) is 2.24. The third-order valence-electron chi connectivity index (χ3n) is 3.53. The van der Waals surface area contributed by atoms with E-state index in [-0.39, 0.29) is 18.4 Å². The fraction of sp³-hybridized carbons (Fsp3) is 0.200. The minimum absolute atomic E-state index is 0.129. The van der Waals surface area contributed by atoms with Crippen LogP contribution in [-0.4, -0.2) is 25.0 Å². The van der Waals surface area contributed by atoms with E-state index in [2.05, 4.69) is 24.1 Å². The predicted octanol–water partition coefficient (Wildman–Crippen LogP) is 3.18. The van der Waals surface area contributed by atoms with Crippen LogP contribution in [-0.2, 0) is 11.2 Å². The molecule has 2 aromatic carbocycles. The van der Waals surface area contributed by atoms with E-state index in [1.165, 1.54) is 0 Å². The van der Waals surface area contributed by atoms with Crippen molar-refractivity contribution < 1.29 is 14.3 Å². The normalized spacial score (nSPS) is 9.96. The van der Waals surface area contributed by atoms with Crippen molar-refractivity contribution in [1.29, 1.82) is 0 Å². The molecule has 2 N–H and O–H groups in total. The Hall–Kier alpha value is -3.08. The molecule has 0 radical (unpaired) electrons. The third kappa shape index (κ3) is 5.49. The largest absolute Gasteiger partial charge is 0.484 e. The maximum absolute atomic E-state index is 12.1. The maximum Gasteiger partial charge on any atom is 0.262 e. The lowest BCUT2D eigenvalue weighted by Crippen LogP contribution is -2.26. The molecule has 5 nitrogen and oxygen atoms in total. The van der Waals surface area contributed by atoms with E-state index in [1.807, 2.05) is 24.3 Å². The lowest BCUT2D eigenvalue weighted by Gasteiger charge is -2.12. The Balaban J connectivity index is 1.98. The van der Waals surface area contributed by atoms with Crippen molar-refractivity contribution in [2.45, 2.75) is 13.3 Å². The Morgan fingerprint density at radius 1 is 1.16 bits per heavy atom. The maximum atomic E-state index is 12.1. The summed E-state index contributed by atoms with van der Waals surface area (Å²) in [5.41, 5.74) is 1.98. The minimum Gasteiger partial charge on any atom is -0.484 e. The lowest BCUT2D eigenvalue weighted by molar-refractivity contribution is -0.118. The zero-order chi connectivity index (χ0) is 18.1. The van der Waals surface area contributed by atoms with Gasteiger partial charge < -0.3 is 15.4 Å². The number of carbonyl (C=O) groups excluding carboxylic acids is 2. The molecular formula is C20H22N2O3. The minimum atomic E-state index is -0.328. The Morgan fingerprint density at radius 3 is 2.72 bits per heavy atom. The lowest BCUT2D eigenvalue weighted by atomic mass is 10.1. The molecule has 130 valence electrons. The first-order valence-electron chi connectivity index (χ1n) is 8.13. The monoisotopic (exact) mass is 338 g/mol. The van der Waals surface area contributed by atoms with Crippen molar-refractivity contribution >= 4 is 17.5 Å². The molecule has 2 aromatic rings. The summed E-state index contributed by atoms with van der Waals surface area (Å²) in [7, 11) is 0. The molecule has 0 saturated heterocycles. The van der Waals surface area contributed by atoms with Gasteiger partial charge in [0.1, 0.15) is 5.75 Å². The molecule has 0 aromatic heterocycles. The number of carbonyl (C=O) groups is 2. The Bertz CT molecular complexity index is 756. The van der Waals surface area contributed by atoms with Crippen molar-refractivity contribution in [3.8, 4) is 5.75 Å². The van der Waals surface area contributed by atoms with Gasteiger partial charge in [0.2, 0.25) is 0 Å². The first-order valence-corrected chi connectivity index (χ1v) is 8.13. The van der Waals surface area contributed by atoms with Gasteiger partial charge in [0.05, 0.1) is 11.3 Å². The summed E-state index contributed by atoms with van der Waals surface area (Å²) in [5, 5.41) is 5.41. The van der Waals surface area contributed by atoms with E-state index in [9.17, 15) is 9.59 Å². The Kier molecular flexibility index (Phi) is 6.77. The molecule has 0 spiro atoms. The van der Waals surface area contributed by atoms with Gasteiger partial charge in [-0.3, -0.25) is 9.59 Å². The summed E-state index contributed by atoms with van der Waals surface area (Å²) < 4.78 is 5.52. The molecule has 0 bridgehead atoms. The second kappa shape index (κ2) is 9.27. The van der Waals surface area contributed by atoms with Crippen LogP contribution >= 0.6 is 0 Å². The number of aryl methyl sites for hydroxylation is 1. The van der Waals surface area contributed by atoms with Gasteiger partial charge in [-0.15, -0.1) is 6.58 Å². The van der Waals surface area contributed by atoms with Crippen LogP contribution < -0.4 is 15.4 Å². The standard InChI is InChI=1S/C20H22N2O3/c1-3-12-21-20(24)17-10-5-6-11-18(17)22-19(23)14-25-16-9-7-8-15(4-2)13-16/h3,5-11,13H,1,4,12,14H2,2H3,(H,21,24)(H,22,23). The summed E-state index contributed by atoms with van der Waals surface area (Å²) in [6.45, 7) is 5.85. The van der Waals surface area contributed by atoms with E-state index in [4.69, 9.17) is 4.74 Å². The molecule has 0 aliphatic heterocycles. The van der Waals surface area contributed by atoms with Gasteiger partial charge in [0, 0.05) is 6.54 Å². The Labute approximate surface area is 147 Å². The molecule has 0 unspecified atom stereocenters. The smallest absolute Gasteiger partial charge is 0.262 e. The number of rotatable bonds is 8. The van der Waals surface area contributed by atoms with Crippen molar-refractivity contribution in [1.82, 2.24) is 5.32 Å². The predicted molar refractivity (Wildman–Crippen MR) is 98.9 cm³/mol. The van der Waals surface area contributed by atoms with Crippen molar-refractivity contribution in [2.75, 3.05) is 18.5 Å². The summed E-state index contributed by atoms with van der Waals surface area (Å²) >= 11 is 0. The van der Waals surface area contributed by atoms with Crippen LogP contribution in [0, 0.1) is 0 Å². The molecule has 2 rings (SSSR count). The first-order chi connectivity index (χ1) is 12.1. The van der Waals surface area contributed by atoms with Gasteiger partial charge in [0.25, 0.3) is 11.8 Å². The molecule has 0 saturated carbocycles. The number of ether oxygens (including phenoxy) is 1. The van der Waals surface area contributed by atoms with Crippen LogP contribution in [0.3, 0.4) is 0 Å². The van der Waals surface area contributed by atoms with Crippen molar-refractivity contribution in [3.05, 3.63) is 72.3 Å². The van der Waals surface area contributed by atoms with Crippen LogP contribution in [0.4, 0.5) is 5.69 Å². The van der Waals surface area contributed by atoms with Crippen molar-refractivity contribution in [2.24, 2.45) is 0 Å². The zero-order valence-corrected chi connectivity index (χ0v) is 14.2. The second-order valence-corrected chi connectivity index (χ2v) is 5.38. The summed E-state index contributed by atoms with van der Waals surface area (Å²) in [6, 6.07) is 14.4. The molecule has 0 aliphatic rings. The van der Waals surface area contributed by atoms with E-state index in [1.54, 1.807) is 30.3 Å². The highest BCUT2D eigenvalue weighted by Gasteiger charge is 2.12. The highest BCUT2D eigenvalue weighted by molar-refractivity contribution is 6.04. The van der Waals surface area contributed by atoms with Crippen LogP contribution in [0.2, 0.25) is 0 Å². The number of nitrogens with one attached hydrogen (secondary N) is 2. The zero-order valence-electron chi connectivity index (χ0n) is 14.2. The summed E-state index contributed by atoms with van der Waals surface area (Å²) in [4.78, 5) is 24.3. The van der Waals surface area contributed by atoms with E-state index >= 15 is 0 Å². The van der Waals surface area contributed by atoms with E-state index < -0.39 is 0 Å². The molecule has 0 heterocycles. The third-order valence-corrected chi connectivity index (χ3v) is 3.53. The topological polar surface area (TPSA) is 67.4 Å². The molecule has 0 atom stereocenters. The van der Waals surface area contributed by atoms with Crippen LogP contribution in [0.15, 0.2) is 61.2 Å². The number of hydrogen-bond donors (Lipinski definition) is 2. The molecule has 25 heavy (non-hydrogen) atoms. The van der Waals surface area contributed by atoms with Crippen LogP contribution in [0.5, 0.6) is 5.75 Å². The number of hydrogen-bond acceptors (Lipinski definition) is 3. The number of benzene rings is 2. The van der Waals surface area contributed by atoms with Gasteiger partial charge in [-0.2, -0.15) is 0 Å². The highest BCUT2D eigenvalue weighted by atomic mass is 16.5. The Morgan fingerprint density at radius 2 is 1.96 bits per heavy atom. The molecular weight excluding hydrogens is 316 g/mol. The molecule has 5 heteroatoms. The number of anilines is 1. The highest BCUT2D eigenvalue weighted by Crippen LogP contribution is 2.16. The summed E-state index contributed by atoms with van der Waals surface area (Å²) in [6.07, 6.45) is 2.49. The number of amides is 2. The van der Waals surface area contributed by atoms with Gasteiger partial charge in [-0.1, -0.05) is 37.3 Å². The average molecular weight is 338 g/mol. The molecule has 2 amide bonds. The average Bonchev–Trinajstić information content (AvgIpc) is 2.65. The molecule has 0 aliphatic carbocycles. The molecule has 0 fully saturated rings. The SMILES string of the molecule is C=CCNC(=O)c1ccccc1NC(=O)COc1cccc(CC)c1. The van der Waals surface area contributed by atoms with Gasteiger partial charge in [0.15, 0.2) is 6.61 Å². The van der Waals surface area contributed by atoms with Crippen LogP contribution in [0.1, 0.15) is 22.8 Å². The van der Waals surface area contributed by atoms with E-state index in [0.717, 1.165) is 12.0 Å². The van der Waals surface area contributed by atoms with Crippen LogP contribution in [0.25, 0.3) is 0 Å². The second-order valence-electron chi connectivity index (χ2n) is 5.38. The van der Waals surface area contributed by atoms with Crippen molar-refractivity contribution in [3.63, 3.8) is 0 Å².